The second-order valence-corrected chi connectivity index (χ2v) is 22.9. The molecule has 0 amide bonds. The van der Waals surface area contributed by atoms with E-state index in [1.165, 1.54) is 64.9 Å². The molecular formula is C36H36Si2. The van der Waals surface area contributed by atoms with Gasteiger partial charge in [-0.15, -0.1) is 0 Å². The quantitative estimate of drug-likeness (QED) is 0.201. The Labute approximate surface area is 229 Å². The van der Waals surface area contributed by atoms with Crippen LogP contribution in [0, 0.1) is 0 Å². The number of benzene rings is 6. The highest BCUT2D eigenvalue weighted by atomic mass is 28.3. The van der Waals surface area contributed by atoms with E-state index in [0.29, 0.717) is 0 Å². The normalized spacial score (nSPS) is 12.5. The van der Waals surface area contributed by atoms with Gasteiger partial charge in [-0.1, -0.05) is 147 Å². The van der Waals surface area contributed by atoms with Crippen LogP contribution in [0.1, 0.15) is 0 Å². The van der Waals surface area contributed by atoms with Crippen LogP contribution in [-0.2, 0) is 0 Å². The standard InChI is InChI=1S/C36H36Si2/c1-37(2,3)31-17-15-25-21-29(13-11-27(25)23-31)33-19-20-34(36-10-8-7-9-35(33)36)30-14-12-28-24-32(38(4,5)6)18-16-26(28)22-30/h7-24H,1-6H3. The monoisotopic (exact) mass is 524 g/mol. The van der Waals surface area contributed by atoms with Gasteiger partial charge in [-0.05, 0) is 66.7 Å². The molecule has 2 heteroatoms. The Bertz CT molecular complexity index is 1700. The fourth-order valence-electron chi connectivity index (χ4n) is 5.56. The van der Waals surface area contributed by atoms with Crippen LogP contribution < -0.4 is 10.4 Å². The van der Waals surface area contributed by atoms with Crippen LogP contribution in [0.3, 0.4) is 0 Å². The van der Waals surface area contributed by atoms with Crippen molar-refractivity contribution in [3.8, 4) is 22.3 Å². The molecule has 38 heavy (non-hydrogen) atoms. The lowest BCUT2D eigenvalue weighted by Crippen LogP contribution is -2.37. The Kier molecular flexibility index (Phi) is 5.93. The van der Waals surface area contributed by atoms with E-state index >= 15 is 0 Å². The summed E-state index contributed by atoms with van der Waals surface area (Å²) in [6.07, 6.45) is 0. The Morgan fingerprint density at radius 1 is 0.368 bits per heavy atom. The predicted octanol–water partition coefficient (Wildman–Crippen LogP) is 9.57. The SMILES string of the molecule is C[Si](C)(C)c1ccc2cc(-c3ccc(-c4ccc5cc([Si](C)(C)C)ccc5c4)c4ccccc34)ccc2c1. The third kappa shape index (κ3) is 4.53. The Balaban J connectivity index is 1.45. The van der Waals surface area contributed by atoms with Gasteiger partial charge in [0.2, 0.25) is 0 Å². The van der Waals surface area contributed by atoms with Crippen molar-refractivity contribution >= 4 is 58.8 Å². The van der Waals surface area contributed by atoms with Crippen molar-refractivity contribution in [3.05, 3.63) is 109 Å². The van der Waals surface area contributed by atoms with Crippen molar-refractivity contribution in [2.24, 2.45) is 0 Å². The summed E-state index contributed by atoms with van der Waals surface area (Å²) in [6, 6.07) is 41.5. The molecule has 0 heterocycles. The van der Waals surface area contributed by atoms with Crippen LogP contribution in [0.15, 0.2) is 109 Å². The van der Waals surface area contributed by atoms with Crippen molar-refractivity contribution < 1.29 is 0 Å². The highest BCUT2D eigenvalue weighted by molar-refractivity contribution is 6.89. The molecule has 0 saturated carbocycles. The van der Waals surface area contributed by atoms with Crippen molar-refractivity contribution in [2.75, 3.05) is 0 Å². The third-order valence-corrected chi connectivity index (χ3v) is 12.0. The van der Waals surface area contributed by atoms with E-state index in [1.54, 1.807) is 0 Å². The highest BCUT2D eigenvalue weighted by Crippen LogP contribution is 2.37. The van der Waals surface area contributed by atoms with Crippen LogP contribution in [0.4, 0.5) is 0 Å². The van der Waals surface area contributed by atoms with Crippen LogP contribution in [0.2, 0.25) is 39.3 Å². The van der Waals surface area contributed by atoms with Crippen molar-refractivity contribution in [1.29, 1.82) is 0 Å². The van der Waals surface area contributed by atoms with Gasteiger partial charge in [0.1, 0.15) is 0 Å². The zero-order valence-corrected chi connectivity index (χ0v) is 25.4. The molecule has 0 aliphatic heterocycles. The molecule has 0 nitrogen and oxygen atoms in total. The summed E-state index contributed by atoms with van der Waals surface area (Å²) in [5, 5.41) is 10.9. The van der Waals surface area contributed by atoms with Gasteiger partial charge in [-0.2, -0.15) is 0 Å². The van der Waals surface area contributed by atoms with Gasteiger partial charge in [0.15, 0.2) is 0 Å². The summed E-state index contributed by atoms with van der Waals surface area (Å²) in [5.74, 6) is 0. The topological polar surface area (TPSA) is 0 Å². The predicted molar refractivity (Wildman–Crippen MR) is 176 cm³/mol. The fourth-order valence-corrected chi connectivity index (χ4v) is 7.91. The molecule has 0 saturated heterocycles. The van der Waals surface area contributed by atoms with E-state index < -0.39 is 16.1 Å². The molecule has 6 aromatic carbocycles. The second kappa shape index (κ2) is 9.08. The molecule has 0 atom stereocenters. The van der Waals surface area contributed by atoms with Crippen molar-refractivity contribution in [1.82, 2.24) is 0 Å². The van der Waals surface area contributed by atoms with E-state index in [1.807, 2.05) is 0 Å². The molecule has 0 radical (unpaired) electrons. The molecule has 0 aliphatic carbocycles. The molecule has 0 bridgehead atoms. The molecule has 6 rings (SSSR count). The fraction of sp³-hybridized carbons (Fsp3) is 0.167. The summed E-state index contributed by atoms with van der Waals surface area (Å²) in [6.45, 7) is 14.5. The molecule has 0 aromatic heterocycles. The summed E-state index contributed by atoms with van der Waals surface area (Å²) < 4.78 is 0. The van der Waals surface area contributed by atoms with E-state index in [4.69, 9.17) is 0 Å². The van der Waals surface area contributed by atoms with Crippen LogP contribution in [0.5, 0.6) is 0 Å². The number of fused-ring (bicyclic) bond motifs is 3. The first-order chi connectivity index (χ1) is 18.1. The van der Waals surface area contributed by atoms with Crippen LogP contribution >= 0.6 is 0 Å². The smallest absolute Gasteiger partial charge is 0.0656 e. The highest BCUT2D eigenvalue weighted by Gasteiger charge is 2.18. The maximum absolute atomic E-state index is 2.41. The molecular weight excluding hydrogens is 489 g/mol. The molecule has 0 aliphatic rings. The lowest BCUT2D eigenvalue weighted by molar-refractivity contribution is 1.65. The number of hydrogen-bond donors (Lipinski definition) is 0. The van der Waals surface area contributed by atoms with Gasteiger partial charge in [0.25, 0.3) is 0 Å². The zero-order chi connectivity index (χ0) is 26.7. The van der Waals surface area contributed by atoms with Crippen molar-refractivity contribution in [2.45, 2.75) is 39.3 Å². The lowest BCUT2D eigenvalue weighted by Gasteiger charge is -2.18. The third-order valence-electron chi connectivity index (χ3n) is 7.96. The first-order valence-corrected chi connectivity index (χ1v) is 20.7. The Morgan fingerprint density at radius 3 is 1.13 bits per heavy atom. The first kappa shape index (κ1) is 24.8. The summed E-state index contributed by atoms with van der Waals surface area (Å²) in [4.78, 5) is 0. The van der Waals surface area contributed by atoms with Crippen molar-refractivity contribution in [3.63, 3.8) is 0 Å². The molecule has 0 fully saturated rings. The van der Waals surface area contributed by atoms with E-state index in [2.05, 4.69) is 148 Å². The average molecular weight is 525 g/mol. The molecule has 0 N–H and O–H groups in total. The maximum Gasteiger partial charge on any atom is 0.0776 e. The molecule has 6 aromatic rings. The van der Waals surface area contributed by atoms with Gasteiger partial charge in [0, 0.05) is 0 Å². The minimum absolute atomic E-state index is 1.28. The van der Waals surface area contributed by atoms with E-state index in [9.17, 15) is 0 Å². The van der Waals surface area contributed by atoms with Gasteiger partial charge in [-0.3, -0.25) is 0 Å². The minimum atomic E-state index is -1.33. The van der Waals surface area contributed by atoms with Gasteiger partial charge < -0.3 is 0 Å². The van der Waals surface area contributed by atoms with Gasteiger partial charge in [-0.25, -0.2) is 0 Å². The largest absolute Gasteiger partial charge is 0.0776 e. The summed E-state index contributed by atoms with van der Waals surface area (Å²) in [7, 11) is -2.66. The molecule has 0 unspecified atom stereocenters. The second-order valence-electron chi connectivity index (χ2n) is 12.8. The van der Waals surface area contributed by atoms with Gasteiger partial charge in [0.05, 0.1) is 16.1 Å². The number of hydrogen-bond acceptors (Lipinski definition) is 0. The van der Waals surface area contributed by atoms with Crippen LogP contribution in [-0.4, -0.2) is 16.1 Å². The van der Waals surface area contributed by atoms with E-state index in [0.717, 1.165) is 0 Å². The Morgan fingerprint density at radius 2 is 0.737 bits per heavy atom. The number of rotatable bonds is 4. The summed E-state index contributed by atoms with van der Waals surface area (Å²) in [5.41, 5.74) is 5.14. The minimum Gasteiger partial charge on any atom is -0.0656 e. The zero-order valence-electron chi connectivity index (χ0n) is 23.4. The molecule has 188 valence electrons. The maximum atomic E-state index is 2.41. The molecule has 0 spiro atoms. The van der Waals surface area contributed by atoms with E-state index in [-0.39, 0.29) is 0 Å². The lowest BCUT2D eigenvalue weighted by atomic mass is 9.91. The average Bonchev–Trinajstić information content (AvgIpc) is 2.90. The Hall–Kier alpha value is -3.47. The summed E-state index contributed by atoms with van der Waals surface area (Å²) >= 11 is 0. The first-order valence-electron chi connectivity index (χ1n) is 13.7. The van der Waals surface area contributed by atoms with Crippen LogP contribution in [0.25, 0.3) is 54.6 Å². The van der Waals surface area contributed by atoms with Gasteiger partial charge >= 0.3 is 0 Å².